The lowest BCUT2D eigenvalue weighted by atomic mass is 9.72. The van der Waals surface area contributed by atoms with Gasteiger partial charge in [0.25, 0.3) is 0 Å². The van der Waals surface area contributed by atoms with Gasteiger partial charge in [-0.3, -0.25) is 14.4 Å². The van der Waals surface area contributed by atoms with Gasteiger partial charge >= 0.3 is 0 Å². The van der Waals surface area contributed by atoms with Gasteiger partial charge in [0, 0.05) is 47.6 Å². The van der Waals surface area contributed by atoms with Gasteiger partial charge in [-0.25, -0.2) is 0 Å². The van der Waals surface area contributed by atoms with Crippen molar-refractivity contribution in [3.63, 3.8) is 0 Å². The second-order valence-electron chi connectivity index (χ2n) is 9.37. The first-order valence-corrected chi connectivity index (χ1v) is 11.3. The number of fused-ring (bicyclic) bond motifs is 3. The monoisotopic (exact) mass is 483 g/mol. The molecule has 10 nitrogen and oxygen atoms in total. The lowest BCUT2D eigenvalue weighted by Gasteiger charge is -2.40. The first-order chi connectivity index (χ1) is 16.5. The summed E-state index contributed by atoms with van der Waals surface area (Å²) in [6, 6.07) is 5.42. The van der Waals surface area contributed by atoms with Gasteiger partial charge in [0.1, 0.15) is 17.1 Å². The lowest BCUT2D eigenvalue weighted by Crippen LogP contribution is -2.49. The smallest absolute Gasteiger partial charge is 0.198 e. The predicted molar refractivity (Wildman–Crippen MR) is 119 cm³/mol. The Hall–Kier alpha value is -3.15. The van der Waals surface area contributed by atoms with Crippen molar-refractivity contribution >= 4 is 17.3 Å². The molecule has 0 amide bonds. The number of hydrogen-bond donors (Lipinski definition) is 5. The zero-order valence-electron chi connectivity index (χ0n) is 18.9. The van der Waals surface area contributed by atoms with Gasteiger partial charge in [-0.05, 0) is 6.92 Å². The minimum Gasteiger partial charge on any atom is -0.507 e. The number of aliphatic hydroxyl groups is 2. The molecule has 0 aromatic heterocycles. The SMILES string of the molecule is CC(=O)[C@]1(O)Cc2c(O)c3c(c(O)c2[C@@H](O[C@H]2C[C@H](N)[C@H](O)CO2)C1)C(=O)c1ccccc1C3=O. The van der Waals surface area contributed by atoms with E-state index in [1.165, 1.54) is 19.1 Å². The molecule has 1 aliphatic heterocycles. The Labute approximate surface area is 199 Å². The second-order valence-corrected chi connectivity index (χ2v) is 9.37. The molecule has 5 rings (SSSR count). The van der Waals surface area contributed by atoms with Crippen LogP contribution in [-0.4, -0.2) is 68.4 Å². The predicted octanol–water partition coefficient (Wildman–Crippen LogP) is 0.632. The van der Waals surface area contributed by atoms with E-state index in [-0.39, 0.29) is 52.8 Å². The van der Waals surface area contributed by atoms with E-state index >= 15 is 0 Å². The number of ether oxygens (including phenoxy) is 2. The first kappa shape index (κ1) is 23.6. The van der Waals surface area contributed by atoms with Crippen LogP contribution in [0.3, 0.4) is 0 Å². The summed E-state index contributed by atoms with van der Waals surface area (Å²) >= 11 is 0. The summed E-state index contributed by atoms with van der Waals surface area (Å²) < 4.78 is 11.5. The summed E-state index contributed by atoms with van der Waals surface area (Å²) in [5.41, 5.74) is 3.31. The molecule has 0 bridgehead atoms. The van der Waals surface area contributed by atoms with Gasteiger partial charge in [-0.1, -0.05) is 24.3 Å². The van der Waals surface area contributed by atoms with Gasteiger partial charge in [-0.2, -0.15) is 0 Å². The third kappa shape index (κ3) is 3.57. The first-order valence-electron chi connectivity index (χ1n) is 11.3. The third-order valence-corrected chi connectivity index (χ3v) is 7.16. The van der Waals surface area contributed by atoms with Crippen molar-refractivity contribution in [3.05, 3.63) is 57.6 Å². The summed E-state index contributed by atoms with van der Waals surface area (Å²) in [6.45, 7) is 1.08. The number of carbonyl (C=O) groups is 3. The molecule has 2 aromatic rings. The molecule has 35 heavy (non-hydrogen) atoms. The highest BCUT2D eigenvalue weighted by molar-refractivity contribution is 6.30. The quantitative estimate of drug-likeness (QED) is 0.332. The van der Waals surface area contributed by atoms with E-state index in [2.05, 4.69) is 0 Å². The van der Waals surface area contributed by atoms with Crippen molar-refractivity contribution in [2.75, 3.05) is 6.61 Å². The molecule has 1 heterocycles. The summed E-state index contributed by atoms with van der Waals surface area (Å²) in [5.74, 6) is -3.05. The Morgan fingerprint density at radius 1 is 1.11 bits per heavy atom. The zero-order valence-corrected chi connectivity index (χ0v) is 18.9. The average molecular weight is 483 g/mol. The average Bonchev–Trinajstić information content (AvgIpc) is 2.82. The maximum atomic E-state index is 13.3. The van der Waals surface area contributed by atoms with Crippen LogP contribution in [0.5, 0.6) is 11.5 Å². The fourth-order valence-electron chi connectivity index (χ4n) is 5.12. The Morgan fingerprint density at radius 2 is 1.71 bits per heavy atom. The maximum absolute atomic E-state index is 13.3. The van der Waals surface area contributed by atoms with Crippen LogP contribution in [0.1, 0.15) is 68.8 Å². The standard InChI is InChI=1S/C25H25NO9/c1-10(27)25(33)7-13-18(16(8-25)35-17-6-14(26)15(28)9-34-17)24(32)20-19(23(13)31)21(29)11-4-2-3-5-12(11)22(20)30/h2-5,14-17,28,31-33H,6-9,26H2,1H3/t14-,15+,16-,17-,25-/m0/s1. The molecule has 2 aliphatic carbocycles. The Morgan fingerprint density at radius 3 is 2.29 bits per heavy atom. The molecule has 2 aromatic carbocycles. The van der Waals surface area contributed by atoms with E-state index in [1.54, 1.807) is 12.1 Å². The fraction of sp³-hybridized carbons (Fsp3) is 0.400. The molecule has 0 unspecified atom stereocenters. The number of ketones is 3. The molecule has 3 aliphatic rings. The number of carbonyl (C=O) groups excluding carboxylic acids is 3. The topological polar surface area (TPSA) is 177 Å². The van der Waals surface area contributed by atoms with Crippen molar-refractivity contribution in [1.29, 1.82) is 0 Å². The van der Waals surface area contributed by atoms with Crippen LogP contribution in [0.2, 0.25) is 0 Å². The summed E-state index contributed by atoms with van der Waals surface area (Å²) in [6.07, 6.45) is -3.62. The molecule has 5 atom stereocenters. The number of Topliss-reactive ketones (excluding diaryl/α,β-unsaturated/α-hetero) is 1. The molecule has 0 saturated carbocycles. The summed E-state index contributed by atoms with van der Waals surface area (Å²) in [5, 5.41) is 43.4. The number of benzene rings is 2. The van der Waals surface area contributed by atoms with E-state index in [9.17, 15) is 34.8 Å². The van der Waals surface area contributed by atoms with E-state index in [0.717, 1.165) is 0 Å². The van der Waals surface area contributed by atoms with E-state index in [4.69, 9.17) is 15.2 Å². The van der Waals surface area contributed by atoms with Crippen LogP contribution in [0, 0.1) is 0 Å². The lowest BCUT2D eigenvalue weighted by molar-refractivity contribution is -0.223. The highest BCUT2D eigenvalue weighted by Crippen LogP contribution is 2.51. The number of phenolic OH excluding ortho intramolecular Hbond substituents is 2. The molecule has 10 heteroatoms. The number of hydrogen-bond acceptors (Lipinski definition) is 10. The van der Waals surface area contributed by atoms with Crippen molar-refractivity contribution in [3.8, 4) is 11.5 Å². The van der Waals surface area contributed by atoms with E-state index in [0.29, 0.717) is 0 Å². The van der Waals surface area contributed by atoms with Gasteiger partial charge in [-0.15, -0.1) is 0 Å². The Bertz CT molecular complexity index is 1270. The van der Waals surface area contributed by atoms with Crippen LogP contribution < -0.4 is 5.73 Å². The van der Waals surface area contributed by atoms with E-state index < -0.39 is 65.4 Å². The Kier molecular flexibility index (Phi) is 5.53. The van der Waals surface area contributed by atoms with Crippen LogP contribution in [-0.2, 0) is 20.7 Å². The number of phenols is 2. The number of nitrogens with two attached hydrogens (primary N) is 1. The van der Waals surface area contributed by atoms with Crippen molar-refractivity contribution in [2.45, 2.75) is 56.3 Å². The minimum atomic E-state index is -1.97. The number of aliphatic hydroxyl groups excluding tert-OH is 1. The Balaban J connectivity index is 1.67. The molecule has 0 spiro atoms. The molecular formula is C25H25NO9. The fourth-order valence-corrected chi connectivity index (χ4v) is 5.12. The molecule has 0 radical (unpaired) electrons. The van der Waals surface area contributed by atoms with Crippen molar-refractivity contribution < 1.29 is 44.3 Å². The number of rotatable bonds is 3. The molecular weight excluding hydrogens is 458 g/mol. The largest absolute Gasteiger partial charge is 0.507 e. The van der Waals surface area contributed by atoms with Crippen molar-refractivity contribution in [1.82, 2.24) is 0 Å². The van der Waals surface area contributed by atoms with Gasteiger partial charge in [0.05, 0.1) is 29.9 Å². The second kappa shape index (κ2) is 8.21. The minimum absolute atomic E-state index is 0.00370. The number of aromatic hydroxyl groups is 2. The summed E-state index contributed by atoms with van der Waals surface area (Å²) in [7, 11) is 0. The third-order valence-electron chi connectivity index (χ3n) is 7.16. The van der Waals surface area contributed by atoms with Gasteiger partial charge in [0.15, 0.2) is 23.6 Å². The zero-order chi connectivity index (χ0) is 25.2. The molecule has 6 N–H and O–H groups in total. The highest BCUT2D eigenvalue weighted by atomic mass is 16.7. The molecule has 184 valence electrons. The molecule has 1 saturated heterocycles. The van der Waals surface area contributed by atoms with Gasteiger partial charge in [0.2, 0.25) is 0 Å². The van der Waals surface area contributed by atoms with Crippen LogP contribution in [0.15, 0.2) is 24.3 Å². The van der Waals surface area contributed by atoms with Crippen LogP contribution in [0.4, 0.5) is 0 Å². The van der Waals surface area contributed by atoms with E-state index in [1.807, 2.05) is 0 Å². The summed E-state index contributed by atoms with van der Waals surface area (Å²) in [4.78, 5) is 38.9. The van der Waals surface area contributed by atoms with Crippen LogP contribution in [0.25, 0.3) is 0 Å². The van der Waals surface area contributed by atoms with Gasteiger partial charge < -0.3 is 35.6 Å². The molecule has 1 fully saturated rings. The normalized spacial score (nSPS) is 29.8. The van der Waals surface area contributed by atoms with Crippen molar-refractivity contribution in [2.24, 2.45) is 5.73 Å². The maximum Gasteiger partial charge on any atom is 0.198 e. The highest BCUT2D eigenvalue weighted by Gasteiger charge is 2.48. The van der Waals surface area contributed by atoms with Crippen LogP contribution >= 0.6 is 0 Å².